The molecule has 0 aromatic rings. The van der Waals surface area contributed by atoms with Crippen molar-refractivity contribution in [2.24, 2.45) is 5.41 Å². The zero-order chi connectivity index (χ0) is 20.5. The van der Waals surface area contributed by atoms with E-state index in [1.54, 1.807) is 34.6 Å². The molecule has 0 aromatic carbocycles. The van der Waals surface area contributed by atoms with E-state index in [0.29, 0.717) is 0 Å². The average Bonchev–Trinajstić information content (AvgIpc) is 2.45. The second kappa shape index (κ2) is 9.78. The lowest BCUT2D eigenvalue weighted by Gasteiger charge is -2.24. The van der Waals surface area contributed by atoms with Crippen LogP contribution in [0.3, 0.4) is 0 Å². The lowest BCUT2D eigenvalue weighted by Crippen LogP contribution is -2.44. The molecule has 11 heteroatoms. The molecule has 0 aromatic heterocycles. The van der Waals surface area contributed by atoms with Gasteiger partial charge in [-0.3, -0.25) is 4.79 Å². The molecule has 150 valence electrons. The van der Waals surface area contributed by atoms with E-state index in [9.17, 15) is 24.5 Å². The molecule has 0 unspecified atom stereocenters. The van der Waals surface area contributed by atoms with Crippen molar-refractivity contribution in [1.82, 2.24) is 10.6 Å². The molecular formula is C15H27N3O8. The highest BCUT2D eigenvalue weighted by molar-refractivity contribution is 5.81. The van der Waals surface area contributed by atoms with Gasteiger partial charge >= 0.3 is 12.1 Å². The fourth-order valence-corrected chi connectivity index (χ4v) is 1.69. The first kappa shape index (κ1) is 23.4. The summed E-state index contributed by atoms with van der Waals surface area (Å²) in [4.78, 5) is 49.2. The molecule has 3 N–H and O–H groups in total. The van der Waals surface area contributed by atoms with Gasteiger partial charge in [0.15, 0.2) is 0 Å². The Balaban J connectivity index is 4.40. The van der Waals surface area contributed by atoms with Crippen molar-refractivity contribution in [3.63, 3.8) is 0 Å². The molecule has 0 aliphatic rings. The highest BCUT2D eigenvalue weighted by atomic mass is 16.9. The van der Waals surface area contributed by atoms with Crippen molar-refractivity contribution in [1.29, 1.82) is 0 Å². The quantitative estimate of drug-likeness (QED) is 0.377. The van der Waals surface area contributed by atoms with E-state index in [1.165, 1.54) is 0 Å². The van der Waals surface area contributed by atoms with Crippen molar-refractivity contribution in [2.75, 3.05) is 13.2 Å². The van der Waals surface area contributed by atoms with E-state index in [0.717, 1.165) is 0 Å². The number of carbonyl (C=O) groups excluding carboxylic acids is 2. The Morgan fingerprint density at radius 1 is 1.19 bits per heavy atom. The monoisotopic (exact) mass is 377 g/mol. The molecule has 1 atom stereocenters. The van der Waals surface area contributed by atoms with Gasteiger partial charge in [-0.05, 0) is 27.2 Å². The summed E-state index contributed by atoms with van der Waals surface area (Å²) in [6.07, 6.45) is -1.17. The first-order valence-corrected chi connectivity index (χ1v) is 7.98. The molecule has 0 fully saturated rings. The number of hydrogen-bond acceptors (Lipinski definition) is 7. The lowest BCUT2D eigenvalue weighted by molar-refractivity contribution is -0.760. The second-order valence-corrected chi connectivity index (χ2v) is 7.51. The van der Waals surface area contributed by atoms with Gasteiger partial charge in [0, 0.05) is 18.4 Å². The van der Waals surface area contributed by atoms with Crippen LogP contribution in [0.15, 0.2) is 0 Å². The molecule has 0 aliphatic heterocycles. The molecule has 26 heavy (non-hydrogen) atoms. The Morgan fingerprint density at radius 2 is 1.77 bits per heavy atom. The molecule has 0 rings (SSSR count). The number of aliphatic carboxylic acids is 1. The summed E-state index contributed by atoms with van der Waals surface area (Å²) in [5.41, 5.74) is -1.45. The van der Waals surface area contributed by atoms with E-state index < -0.39 is 40.1 Å². The van der Waals surface area contributed by atoms with Crippen LogP contribution >= 0.6 is 0 Å². The number of carboxylic acids is 1. The molecule has 0 spiro atoms. The molecule has 0 radical (unpaired) electrons. The summed E-state index contributed by atoms with van der Waals surface area (Å²) in [7, 11) is 0. The van der Waals surface area contributed by atoms with E-state index in [4.69, 9.17) is 9.84 Å². The fourth-order valence-electron chi connectivity index (χ4n) is 1.69. The highest BCUT2D eigenvalue weighted by Gasteiger charge is 2.25. The predicted molar refractivity (Wildman–Crippen MR) is 89.8 cm³/mol. The molecule has 2 amide bonds. The van der Waals surface area contributed by atoms with Gasteiger partial charge in [0.25, 0.3) is 5.09 Å². The van der Waals surface area contributed by atoms with E-state index in [-0.39, 0.29) is 26.0 Å². The van der Waals surface area contributed by atoms with Crippen LogP contribution < -0.4 is 10.6 Å². The Kier molecular flexibility index (Phi) is 8.81. The molecular weight excluding hydrogens is 350 g/mol. The maximum absolute atomic E-state index is 11.8. The summed E-state index contributed by atoms with van der Waals surface area (Å²) < 4.78 is 4.98. The summed E-state index contributed by atoms with van der Waals surface area (Å²) in [5, 5.41) is 23.2. The smallest absolute Gasteiger partial charge is 0.408 e. The van der Waals surface area contributed by atoms with Gasteiger partial charge in [0.2, 0.25) is 5.91 Å². The average molecular weight is 377 g/mol. The normalized spacial score (nSPS) is 12.7. The van der Waals surface area contributed by atoms with Gasteiger partial charge in [0.1, 0.15) is 18.2 Å². The van der Waals surface area contributed by atoms with Crippen LogP contribution in [0.2, 0.25) is 0 Å². The van der Waals surface area contributed by atoms with E-state index in [2.05, 4.69) is 15.5 Å². The lowest BCUT2D eigenvalue weighted by atomic mass is 9.95. The maximum atomic E-state index is 11.8. The topological polar surface area (TPSA) is 157 Å². The van der Waals surface area contributed by atoms with Crippen molar-refractivity contribution in [3.05, 3.63) is 10.1 Å². The third-order valence-electron chi connectivity index (χ3n) is 2.97. The zero-order valence-corrected chi connectivity index (χ0v) is 15.7. The number of nitrogens with one attached hydrogen (secondary N) is 2. The number of carbonyl (C=O) groups is 3. The second-order valence-electron chi connectivity index (χ2n) is 7.51. The number of alkyl carbamates (subject to hydrolysis) is 1. The minimum atomic E-state index is -1.29. The van der Waals surface area contributed by atoms with Crippen LogP contribution in [-0.4, -0.2) is 53.0 Å². The summed E-state index contributed by atoms with van der Waals surface area (Å²) in [6.45, 7) is 8.16. The van der Waals surface area contributed by atoms with E-state index in [1.807, 2.05) is 0 Å². The van der Waals surface area contributed by atoms with Crippen LogP contribution in [0.1, 0.15) is 47.5 Å². The van der Waals surface area contributed by atoms with Crippen LogP contribution in [0.25, 0.3) is 0 Å². The van der Waals surface area contributed by atoms with Crippen LogP contribution in [0, 0.1) is 15.5 Å². The minimum Gasteiger partial charge on any atom is -0.480 e. The van der Waals surface area contributed by atoms with Gasteiger partial charge < -0.3 is 25.3 Å². The standard InChI is InChI=1S/C15H27N3O8/c1-14(2,3)26-13(22)17-10(12(20)21)6-7-11(19)16-8-15(4,5)9-25-18(23)24/h10H,6-9H2,1-5H3,(H,16,19)(H,17,22)(H,20,21)/t10-/m0/s1. The highest BCUT2D eigenvalue weighted by Crippen LogP contribution is 2.14. The SMILES string of the molecule is CC(C)(CNC(=O)CC[C@H](NC(=O)OC(C)(C)C)C(=O)O)CO[N+](=O)[O-]. The molecule has 11 nitrogen and oxygen atoms in total. The number of rotatable bonds is 10. The summed E-state index contributed by atoms with van der Waals surface area (Å²) in [6, 6.07) is -1.28. The summed E-state index contributed by atoms with van der Waals surface area (Å²) in [5.74, 6) is -1.74. The third kappa shape index (κ3) is 11.9. The number of carboxylic acid groups (broad SMARTS) is 1. The van der Waals surface area contributed by atoms with Gasteiger partial charge in [-0.15, -0.1) is 10.1 Å². The Labute approximate surface area is 151 Å². The minimum absolute atomic E-state index is 0.108. The van der Waals surface area contributed by atoms with Crippen LogP contribution in [0.4, 0.5) is 4.79 Å². The Hall–Kier alpha value is -2.59. The van der Waals surface area contributed by atoms with Gasteiger partial charge in [-0.2, -0.15) is 0 Å². The predicted octanol–water partition coefficient (Wildman–Crippen LogP) is 1.10. The summed E-state index contributed by atoms with van der Waals surface area (Å²) >= 11 is 0. The van der Waals surface area contributed by atoms with Gasteiger partial charge in [-0.25, -0.2) is 9.59 Å². The number of amides is 2. The fraction of sp³-hybridized carbons (Fsp3) is 0.800. The van der Waals surface area contributed by atoms with Gasteiger partial charge in [-0.1, -0.05) is 13.8 Å². The van der Waals surface area contributed by atoms with Crippen LogP contribution in [-0.2, 0) is 19.2 Å². The molecule has 0 saturated heterocycles. The first-order valence-electron chi connectivity index (χ1n) is 7.98. The number of ether oxygens (including phenoxy) is 1. The molecule has 0 aliphatic carbocycles. The largest absolute Gasteiger partial charge is 0.480 e. The van der Waals surface area contributed by atoms with Gasteiger partial charge in [0.05, 0.1) is 0 Å². The number of hydrogen-bond donors (Lipinski definition) is 3. The Bertz CT molecular complexity index is 527. The third-order valence-corrected chi connectivity index (χ3v) is 2.97. The molecule has 0 bridgehead atoms. The number of nitrogens with zero attached hydrogens (tertiary/aromatic N) is 1. The van der Waals surface area contributed by atoms with Crippen molar-refractivity contribution >= 4 is 18.0 Å². The van der Waals surface area contributed by atoms with Crippen molar-refractivity contribution < 1.29 is 34.2 Å². The van der Waals surface area contributed by atoms with Crippen molar-refractivity contribution in [3.8, 4) is 0 Å². The first-order chi connectivity index (χ1) is 11.7. The Morgan fingerprint density at radius 3 is 2.23 bits per heavy atom. The van der Waals surface area contributed by atoms with Crippen molar-refractivity contribution in [2.45, 2.75) is 59.1 Å². The maximum Gasteiger partial charge on any atom is 0.408 e. The zero-order valence-electron chi connectivity index (χ0n) is 15.7. The van der Waals surface area contributed by atoms with E-state index >= 15 is 0 Å². The molecule has 0 heterocycles. The van der Waals surface area contributed by atoms with Crippen LogP contribution in [0.5, 0.6) is 0 Å². The molecule has 0 saturated carbocycles.